The number of aromatic nitrogens is 2. The molecule has 0 bridgehead atoms. The molecule has 5 heteroatoms. The van der Waals surface area contributed by atoms with E-state index in [2.05, 4.69) is 46.4 Å². The molecular formula is C22H28N4O. The van der Waals surface area contributed by atoms with E-state index in [4.69, 9.17) is 4.98 Å². The largest absolute Gasteiger partial charge is 0.356 e. The number of nitrogens with one attached hydrogen (secondary N) is 1. The molecule has 0 radical (unpaired) electrons. The molecular weight excluding hydrogens is 336 g/mol. The van der Waals surface area contributed by atoms with E-state index in [1.807, 2.05) is 12.3 Å². The molecule has 2 fully saturated rings. The summed E-state index contributed by atoms with van der Waals surface area (Å²) in [5, 5.41) is 3.26. The van der Waals surface area contributed by atoms with Crippen LogP contribution in [0.3, 0.4) is 0 Å². The van der Waals surface area contributed by atoms with Gasteiger partial charge in [0, 0.05) is 36.8 Å². The van der Waals surface area contributed by atoms with Crippen molar-refractivity contribution in [1.29, 1.82) is 0 Å². The van der Waals surface area contributed by atoms with Gasteiger partial charge in [0.2, 0.25) is 5.91 Å². The molecule has 1 aromatic carbocycles. The van der Waals surface area contributed by atoms with Gasteiger partial charge in [0.15, 0.2) is 5.82 Å². The van der Waals surface area contributed by atoms with Gasteiger partial charge in [-0.1, -0.05) is 42.7 Å². The topological polar surface area (TPSA) is 58.1 Å². The number of aryl methyl sites for hydroxylation is 1. The zero-order valence-electron chi connectivity index (χ0n) is 16.0. The van der Waals surface area contributed by atoms with E-state index in [1.54, 1.807) is 0 Å². The second kappa shape index (κ2) is 8.07. The molecule has 0 spiro atoms. The van der Waals surface area contributed by atoms with Gasteiger partial charge >= 0.3 is 0 Å². The van der Waals surface area contributed by atoms with Crippen LogP contribution in [0.1, 0.15) is 44.1 Å². The number of anilines is 1. The zero-order chi connectivity index (χ0) is 18.6. The third kappa shape index (κ3) is 4.29. The maximum absolute atomic E-state index is 12.5. The number of carbonyl (C=O) groups excluding carboxylic acids is 1. The summed E-state index contributed by atoms with van der Waals surface area (Å²) in [7, 11) is 0. The number of hydrogen-bond acceptors (Lipinski definition) is 4. The third-order valence-corrected chi connectivity index (χ3v) is 5.84. The van der Waals surface area contributed by atoms with Crippen LogP contribution in [-0.2, 0) is 4.79 Å². The van der Waals surface area contributed by atoms with Gasteiger partial charge in [-0.15, -0.1) is 0 Å². The predicted molar refractivity (Wildman–Crippen MR) is 108 cm³/mol. The Morgan fingerprint density at radius 3 is 2.44 bits per heavy atom. The lowest BCUT2D eigenvalue weighted by molar-refractivity contribution is -0.126. The molecule has 2 aliphatic rings. The number of nitrogens with zero attached hydrogens (tertiary/aromatic N) is 3. The first kappa shape index (κ1) is 18.0. The monoisotopic (exact) mass is 364 g/mol. The van der Waals surface area contributed by atoms with Gasteiger partial charge in [-0.25, -0.2) is 9.97 Å². The van der Waals surface area contributed by atoms with Crippen LogP contribution >= 0.6 is 0 Å². The molecule has 0 unspecified atom stereocenters. The number of carbonyl (C=O) groups is 1. The Hall–Kier alpha value is -2.43. The molecule has 1 amide bonds. The maximum Gasteiger partial charge on any atom is 0.223 e. The molecule has 1 saturated carbocycles. The summed E-state index contributed by atoms with van der Waals surface area (Å²) in [6, 6.07) is 10.7. The normalized spacial score (nSPS) is 18.6. The minimum Gasteiger partial charge on any atom is -0.356 e. The van der Waals surface area contributed by atoms with E-state index in [-0.39, 0.29) is 11.8 Å². The first-order valence-electron chi connectivity index (χ1n) is 10.1. The number of benzene rings is 1. The SMILES string of the molecule is Cc1ccc(-c2nccc(N3CCC(C(=O)NC4CCCC4)CC3)n2)cc1. The molecule has 2 aromatic rings. The fourth-order valence-corrected chi connectivity index (χ4v) is 4.13. The molecule has 4 rings (SSSR count). The van der Waals surface area contributed by atoms with Crippen LogP contribution in [0, 0.1) is 12.8 Å². The average molecular weight is 364 g/mol. The molecule has 1 saturated heterocycles. The second-order valence-corrected chi connectivity index (χ2v) is 7.86. The Morgan fingerprint density at radius 2 is 1.74 bits per heavy atom. The van der Waals surface area contributed by atoms with E-state index < -0.39 is 0 Å². The Balaban J connectivity index is 1.37. The van der Waals surface area contributed by atoms with Crippen molar-refractivity contribution in [3.05, 3.63) is 42.1 Å². The summed E-state index contributed by atoms with van der Waals surface area (Å²) in [6.07, 6.45) is 8.41. The molecule has 0 atom stereocenters. The van der Waals surface area contributed by atoms with Crippen LogP contribution in [-0.4, -0.2) is 35.0 Å². The van der Waals surface area contributed by atoms with Gasteiger partial charge in [-0.3, -0.25) is 4.79 Å². The zero-order valence-corrected chi connectivity index (χ0v) is 16.0. The van der Waals surface area contributed by atoms with Gasteiger partial charge in [-0.2, -0.15) is 0 Å². The number of hydrogen-bond donors (Lipinski definition) is 1. The Labute approximate surface area is 161 Å². The summed E-state index contributed by atoms with van der Waals surface area (Å²) in [5.41, 5.74) is 2.26. The molecule has 27 heavy (non-hydrogen) atoms. The molecule has 2 heterocycles. The first-order chi connectivity index (χ1) is 13.2. The number of amides is 1. The van der Waals surface area contributed by atoms with Crippen molar-refractivity contribution in [3.8, 4) is 11.4 Å². The molecule has 142 valence electrons. The van der Waals surface area contributed by atoms with Crippen LogP contribution < -0.4 is 10.2 Å². The lowest BCUT2D eigenvalue weighted by atomic mass is 9.95. The predicted octanol–water partition coefficient (Wildman–Crippen LogP) is 3.73. The smallest absolute Gasteiger partial charge is 0.223 e. The van der Waals surface area contributed by atoms with Crippen LogP contribution in [0.2, 0.25) is 0 Å². The van der Waals surface area contributed by atoms with Crippen molar-refractivity contribution in [1.82, 2.24) is 15.3 Å². The van der Waals surface area contributed by atoms with Gasteiger partial charge in [0.25, 0.3) is 0 Å². The Morgan fingerprint density at radius 1 is 1.04 bits per heavy atom. The van der Waals surface area contributed by atoms with Crippen molar-refractivity contribution < 1.29 is 4.79 Å². The quantitative estimate of drug-likeness (QED) is 0.898. The standard InChI is InChI=1S/C22H28N4O/c1-16-6-8-17(9-7-16)21-23-13-10-20(25-21)26-14-11-18(12-15-26)22(27)24-19-4-2-3-5-19/h6-10,13,18-19H,2-5,11-12,14-15H2,1H3,(H,24,27). The lowest BCUT2D eigenvalue weighted by Crippen LogP contribution is -2.43. The molecule has 1 aromatic heterocycles. The van der Waals surface area contributed by atoms with Crippen molar-refractivity contribution in [2.24, 2.45) is 5.92 Å². The van der Waals surface area contributed by atoms with Crippen molar-refractivity contribution in [3.63, 3.8) is 0 Å². The number of piperidine rings is 1. The highest BCUT2D eigenvalue weighted by Crippen LogP contribution is 2.25. The second-order valence-electron chi connectivity index (χ2n) is 7.86. The van der Waals surface area contributed by atoms with Gasteiger partial charge in [-0.05, 0) is 38.7 Å². The summed E-state index contributed by atoms with van der Waals surface area (Å²) >= 11 is 0. The minimum atomic E-state index is 0.139. The highest BCUT2D eigenvalue weighted by molar-refractivity contribution is 5.79. The van der Waals surface area contributed by atoms with Gasteiger partial charge in [0.1, 0.15) is 5.82 Å². The highest BCUT2D eigenvalue weighted by atomic mass is 16.1. The summed E-state index contributed by atoms with van der Waals surface area (Å²) in [6.45, 7) is 3.81. The summed E-state index contributed by atoms with van der Waals surface area (Å²) in [4.78, 5) is 24.0. The van der Waals surface area contributed by atoms with Gasteiger partial charge < -0.3 is 10.2 Å². The van der Waals surface area contributed by atoms with Crippen molar-refractivity contribution in [2.75, 3.05) is 18.0 Å². The average Bonchev–Trinajstić information content (AvgIpc) is 3.22. The van der Waals surface area contributed by atoms with Crippen molar-refractivity contribution >= 4 is 11.7 Å². The van der Waals surface area contributed by atoms with E-state index in [1.165, 1.54) is 18.4 Å². The van der Waals surface area contributed by atoms with E-state index >= 15 is 0 Å². The Kier molecular flexibility index (Phi) is 5.37. The van der Waals surface area contributed by atoms with E-state index in [9.17, 15) is 4.79 Å². The molecule has 1 aliphatic heterocycles. The van der Waals surface area contributed by atoms with Gasteiger partial charge in [0.05, 0.1) is 0 Å². The number of rotatable bonds is 4. The van der Waals surface area contributed by atoms with Crippen LogP contribution in [0.4, 0.5) is 5.82 Å². The lowest BCUT2D eigenvalue weighted by Gasteiger charge is -2.32. The maximum atomic E-state index is 12.5. The van der Waals surface area contributed by atoms with Crippen LogP contribution in [0.25, 0.3) is 11.4 Å². The molecule has 5 nitrogen and oxygen atoms in total. The van der Waals surface area contributed by atoms with Crippen LogP contribution in [0.5, 0.6) is 0 Å². The highest BCUT2D eigenvalue weighted by Gasteiger charge is 2.28. The van der Waals surface area contributed by atoms with E-state index in [0.29, 0.717) is 6.04 Å². The summed E-state index contributed by atoms with van der Waals surface area (Å²) < 4.78 is 0. The first-order valence-corrected chi connectivity index (χ1v) is 10.1. The molecule has 1 aliphatic carbocycles. The fourth-order valence-electron chi connectivity index (χ4n) is 4.13. The fraction of sp³-hybridized carbons (Fsp3) is 0.500. The van der Waals surface area contributed by atoms with Crippen molar-refractivity contribution in [2.45, 2.75) is 51.5 Å². The minimum absolute atomic E-state index is 0.139. The molecule has 1 N–H and O–H groups in total. The van der Waals surface area contributed by atoms with E-state index in [0.717, 1.165) is 56.0 Å². The van der Waals surface area contributed by atoms with Crippen LogP contribution in [0.15, 0.2) is 36.5 Å². The third-order valence-electron chi connectivity index (χ3n) is 5.84. The Bertz CT molecular complexity index is 775. The summed E-state index contributed by atoms with van der Waals surface area (Å²) in [5.74, 6) is 2.11.